The van der Waals surface area contributed by atoms with Gasteiger partial charge in [0.25, 0.3) is 0 Å². The third-order valence-corrected chi connectivity index (χ3v) is 5.79. The average Bonchev–Trinajstić information content (AvgIpc) is 3.09. The SMILES string of the molecule is CCN(CC)CCOCCc1ccc2sc(-c3ccccc3)cc2c1.Cl. The first-order valence-corrected chi connectivity index (χ1v) is 9.99. The van der Waals surface area contributed by atoms with Crippen LogP contribution in [0, 0.1) is 0 Å². The van der Waals surface area contributed by atoms with Gasteiger partial charge in [-0.2, -0.15) is 0 Å². The lowest BCUT2D eigenvalue weighted by Crippen LogP contribution is -2.27. The van der Waals surface area contributed by atoms with E-state index in [1.165, 1.54) is 26.1 Å². The zero-order chi connectivity index (χ0) is 17.5. The normalized spacial score (nSPS) is 11.0. The Kier molecular flexibility index (Phi) is 8.60. The van der Waals surface area contributed by atoms with E-state index in [-0.39, 0.29) is 12.4 Å². The molecule has 2 nitrogen and oxygen atoms in total. The number of hydrogen-bond donors (Lipinski definition) is 0. The molecule has 140 valence electrons. The van der Waals surface area contributed by atoms with Gasteiger partial charge in [-0.15, -0.1) is 23.7 Å². The lowest BCUT2D eigenvalue weighted by molar-refractivity contribution is 0.109. The van der Waals surface area contributed by atoms with Crippen LogP contribution in [-0.4, -0.2) is 37.7 Å². The fraction of sp³-hybridized carbons (Fsp3) is 0.364. The monoisotopic (exact) mass is 389 g/mol. The molecule has 3 rings (SSSR count). The number of fused-ring (bicyclic) bond motifs is 1. The summed E-state index contributed by atoms with van der Waals surface area (Å²) in [5.41, 5.74) is 2.65. The van der Waals surface area contributed by atoms with Crippen molar-refractivity contribution >= 4 is 33.8 Å². The van der Waals surface area contributed by atoms with Crippen molar-refractivity contribution in [1.82, 2.24) is 4.90 Å². The maximum atomic E-state index is 5.82. The van der Waals surface area contributed by atoms with Crippen molar-refractivity contribution in [2.24, 2.45) is 0 Å². The summed E-state index contributed by atoms with van der Waals surface area (Å²) in [6.07, 6.45) is 0.977. The molecule has 0 unspecified atom stereocenters. The van der Waals surface area contributed by atoms with E-state index in [1.807, 2.05) is 11.3 Å². The predicted octanol–water partition coefficient (Wildman–Crippen LogP) is 5.89. The van der Waals surface area contributed by atoms with Crippen molar-refractivity contribution in [3.63, 3.8) is 0 Å². The van der Waals surface area contributed by atoms with E-state index < -0.39 is 0 Å². The molecule has 0 bridgehead atoms. The van der Waals surface area contributed by atoms with Crippen LogP contribution in [0.2, 0.25) is 0 Å². The van der Waals surface area contributed by atoms with E-state index in [2.05, 4.69) is 73.3 Å². The number of halogens is 1. The van der Waals surface area contributed by atoms with Crippen LogP contribution < -0.4 is 0 Å². The highest BCUT2D eigenvalue weighted by molar-refractivity contribution is 7.22. The molecule has 0 saturated heterocycles. The zero-order valence-electron chi connectivity index (χ0n) is 15.6. The van der Waals surface area contributed by atoms with Gasteiger partial charge in [0, 0.05) is 16.1 Å². The topological polar surface area (TPSA) is 12.5 Å². The van der Waals surface area contributed by atoms with Crippen molar-refractivity contribution in [2.45, 2.75) is 20.3 Å². The highest BCUT2D eigenvalue weighted by Crippen LogP contribution is 2.33. The molecule has 1 aromatic heterocycles. The molecule has 2 aromatic carbocycles. The lowest BCUT2D eigenvalue weighted by atomic mass is 10.1. The Morgan fingerprint density at radius 3 is 2.42 bits per heavy atom. The molecule has 0 atom stereocenters. The third kappa shape index (κ3) is 5.55. The van der Waals surface area contributed by atoms with Crippen molar-refractivity contribution in [3.05, 3.63) is 60.2 Å². The molecule has 0 amide bonds. The van der Waals surface area contributed by atoms with Crippen molar-refractivity contribution in [3.8, 4) is 10.4 Å². The molecular weight excluding hydrogens is 362 g/mol. The number of ether oxygens (including phenoxy) is 1. The average molecular weight is 390 g/mol. The second-order valence-corrected chi connectivity index (χ2v) is 7.32. The Hall–Kier alpha value is -1.39. The van der Waals surface area contributed by atoms with Crippen LogP contribution in [0.1, 0.15) is 19.4 Å². The summed E-state index contributed by atoms with van der Waals surface area (Å²) in [6.45, 7) is 9.23. The number of benzene rings is 2. The van der Waals surface area contributed by atoms with Gasteiger partial charge in [-0.3, -0.25) is 0 Å². The van der Waals surface area contributed by atoms with E-state index in [0.717, 1.165) is 39.3 Å². The largest absolute Gasteiger partial charge is 0.380 e. The smallest absolute Gasteiger partial charge is 0.0593 e. The Balaban J connectivity index is 0.00000243. The van der Waals surface area contributed by atoms with Gasteiger partial charge in [0.05, 0.1) is 13.2 Å². The van der Waals surface area contributed by atoms with E-state index >= 15 is 0 Å². The maximum Gasteiger partial charge on any atom is 0.0593 e. The van der Waals surface area contributed by atoms with Crippen LogP contribution >= 0.6 is 23.7 Å². The summed E-state index contributed by atoms with van der Waals surface area (Å²) in [5.74, 6) is 0. The van der Waals surface area contributed by atoms with Gasteiger partial charge in [-0.05, 0) is 48.2 Å². The number of thiophene rings is 1. The molecule has 26 heavy (non-hydrogen) atoms. The molecule has 1 heterocycles. The van der Waals surface area contributed by atoms with Gasteiger partial charge in [0.15, 0.2) is 0 Å². The molecule has 0 aliphatic rings. The molecule has 0 N–H and O–H groups in total. The number of hydrogen-bond acceptors (Lipinski definition) is 3. The van der Waals surface area contributed by atoms with Crippen molar-refractivity contribution in [2.75, 3.05) is 32.8 Å². The van der Waals surface area contributed by atoms with E-state index in [0.29, 0.717) is 0 Å². The van der Waals surface area contributed by atoms with Crippen molar-refractivity contribution < 1.29 is 4.74 Å². The number of likely N-dealkylation sites (N-methyl/N-ethyl adjacent to an activating group) is 1. The minimum absolute atomic E-state index is 0. The number of rotatable bonds is 9. The summed E-state index contributed by atoms with van der Waals surface area (Å²) in [4.78, 5) is 3.73. The summed E-state index contributed by atoms with van der Waals surface area (Å²) < 4.78 is 7.17. The van der Waals surface area contributed by atoms with E-state index in [4.69, 9.17) is 4.74 Å². The van der Waals surface area contributed by atoms with Crippen LogP contribution in [0.25, 0.3) is 20.5 Å². The summed E-state index contributed by atoms with van der Waals surface area (Å²) in [6, 6.07) is 19.7. The Morgan fingerprint density at radius 1 is 0.923 bits per heavy atom. The first kappa shape index (κ1) is 20.9. The molecule has 0 saturated carbocycles. The van der Waals surface area contributed by atoms with Gasteiger partial charge < -0.3 is 9.64 Å². The zero-order valence-corrected chi connectivity index (χ0v) is 17.2. The Labute approximate surface area is 167 Å². The minimum Gasteiger partial charge on any atom is -0.380 e. The molecule has 4 heteroatoms. The predicted molar refractivity (Wildman–Crippen MR) is 117 cm³/mol. The Morgan fingerprint density at radius 2 is 1.69 bits per heavy atom. The fourth-order valence-electron chi connectivity index (χ4n) is 3.02. The van der Waals surface area contributed by atoms with Crippen LogP contribution in [-0.2, 0) is 11.2 Å². The standard InChI is InChI=1S/C22H27NOS.ClH/c1-3-23(4-2)13-15-24-14-12-18-10-11-21-20(16-18)17-22(25-21)19-8-6-5-7-9-19;/h5-11,16-17H,3-4,12-15H2,1-2H3;1H. The van der Waals surface area contributed by atoms with Gasteiger partial charge in [0.2, 0.25) is 0 Å². The van der Waals surface area contributed by atoms with E-state index in [9.17, 15) is 0 Å². The molecule has 0 aliphatic carbocycles. The van der Waals surface area contributed by atoms with Crippen LogP contribution in [0.3, 0.4) is 0 Å². The van der Waals surface area contributed by atoms with Gasteiger partial charge in [-0.1, -0.05) is 56.3 Å². The fourth-order valence-corrected chi connectivity index (χ4v) is 4.07. The molecule has 0 aliphatic heterocycles. The van der Waals surface area contributed by atoms with Gasteiger partial charge in [-0.25, -0.2) is 0 Å². The molecule has 0 fully saturated rings. The van der Waals surface area contributed by atoms with E-state index in [1.54, 1.807) is 0 Å². The molecule has 3 aromatic rings. The van der Waals surface area contributed by atoms with Crippen LogP contribution in [0.5, 0.6) is 0 Å². The highest BCUT2D eigenvalue weighted by atomic mass is 35.5. The maximum absolute atomic E-state index is 5.82. The third-order valence-electron chi connectivity index (χ3n) is 4.62. The van der Waals surface area contributed by atoms with Gasteiger partial charge in [0.1, 0.15) is 0 Å². The molecular formula is C22H28ClNOS. The minimum atomic E-state index is 0. The van der Waals surface area contributed by atoms with Gasteiger partial charge >= 0.3 is 0 Å². The van der Waals surface area contributed by atoms with Crippen molar-refractivity contribution in [1.29, 1.82) is 0 Å². The summed E-state index contributed by atoms with van der Waals surface area (Å²) >= 11 is 1.86. The second kappa shape index (κ2) is 10.7. The van der Waals surface area contributed by atoms with Crippen LogP contribution in [0.4, 0.5) is 0 Å². The highest BCUT2D eigenvalue weighted by Gasteiger charge is 2.05. The number of nitrogens with zero attached hydrogens (tertiary/aromatic N) is 1. The molecule has 0 spiro atoms. The summed E-state index contributed by atoms with van der Waals surface area (Å²) in [5, 5.41) is 1.34. The second-order valence-electron chi connectivity index (χ2n) is 6.24. The first-order valence-electron chi connectivity index (χ1n) is 9.18. The van der Waals surface area contributed by atoms with Crippen LogP contribution in [0.15, 0.2) is 54.6 Å². The molecule has 0 radical (unpaired) electrons. The quantitative estimate of drug-likeness (QED) is 0.423. The first-order chi connectivity index (χ1) is 12.3. The summed E-state index contributed by atoms with van der Waals surface area (Å²) in [7, 11) is 0. The Bertz CT molecular complexity index is 783. The lowest BCUT2D eigenvalue weighted by Gasteiger charge is -2.17.